The average Bonchev–Trinajstić information content (AvgIpc) is 2.18. The fourth-order valence-electron chi connectivity index (χ4n) is 1.08. The van der Waals surface area contributed by atoms with Crippen LogP contribution in [-0.4, -0.2) is 22.5 Å². The summed E-state index contributed by atoms with van der Waals surface area (Å²) in [7, 11) is -1.30. The van der Waals surface area contributed by atoms with Gasteiger partial charge in [0.2, 0.25) is 0 Å². The highest BCUT2D eigenvalue weighted by molar-refractivity contribution is 7.85. The molecule has 4 heteroatoms. The highest BCUT2D eigenvalue weighted by Gasteiger charge is 2.10. The van der Waals surface area contributed by atoms with Crippen molar-refractivity contribution < 1.29 is 13.7 Å². The second kappa shape index (κ2) is 5.66. The molecule has 1 aromatic carbocycles. The maximum Gasteiger partial charge on any atom is 0.318 e. The van der Waals surface area contributed by atoms with E-state index in [1.54, 1.807) is 19.1 Å². The van der Waals surface area contributed by atoms with Crippen molar-refractivity contribution in [3.05, 3.63) is 29.8 Å². The van der Waals surface area contributed by atoms with Crippen LogP contribution in [0.2, 0.25) is 0 Å². The van der Waals surface area contributed by atoms with E-state index in [2.05, 4.69) is 0 Å². The third-order valence-corrected chi connectivity index (χ3v) is 3.13. The maximum absolute atomic E-state index is 11.7. The minimum absolute atomic E-state index is 0.0725. The summed E-state index contributed by atoms with van der Waals surface area (Å²) >= 11 is 0. The monoisotopic (exact) mass is 226 g/mol. The Morgan fingerprint density at radius 1 is 1.33 bits per heavy atom. The lowest BCUT2D eigenvalue weighted by Crippen LogP contribution is -2.13. The molecule has 1 rings (SSSR count). The molecular formula is C11H14O3S. The molecule has 0 amide bonds. The molecule has 0 saturated carbocycles. The van der Waals surface area contributed by atoms with E-state index in [1.165, 1.54) is 0 Å². The van der Waals surface area contributed by atoms with Crippen LogP contribution in [0.3, 0.4) is 0 Å². The van der Waals surface area contributed by atoms with Crippen LogP contribution in [0.15, 0.2) is 29.2 Å². The molecule has 82 valence electrons. The lowest BCUT2D eigenvalue weighted by Gasteiger charge is -2.02. The Labute approximate surface area is 91.9 Å². The van der Waals surface area contributed by atoms with Crippen LogP contribution >= 0.6 is 0 Å². The molecule has 1 atom stereocenters. The summed E-state index contributed by atoms with van der Waals surface area (Å²) in [6.07, 6.45) is 0. The van der Waals surface area contributed by atoms with Gasteiger partial charge in [-0.1, -0.05) is 17.7 Å². The number of hydrogen-bond donors (Lipinski definition) is 0. The molecule has 0 unspecified atom stereocenters. The second-order valence-corrected chi connectivity index (χ2v) is 4.56. The van der Waals surface area contributed by atoms with Gasteiger partial charge in [0, 0.05) is 4.90 Å². The number of carbonyl (C=O) groups excluding carboxylic acids is 1. The van der Waals surface area contributed by atoms with Crippen molar-refractivity contribution in [1.82, 2.24) is 0 Å². The molecule has 15 heavy (non-hydrogen) atoms. The predicted octanol–water partition coefficient (Wildman–Crippen LogP) is 1.67. The Hall–Kier alpha value is -1.16. The Morgan fingerprint density at radius 3 is 2.47 bits per heavy atom. The molecule has 0 saturated heterocycles. The van der Waals surface area contributed by atoms with Gasteiger partial charge in [0.15, 0.2) is 0 Å². The molecule has 0 aliphatic rings. The van der Waals surface area contributed by atoms with E-state index in [4.69, 9.17) is 4.74 Å². The van der Waals surface area contributed by atoms with E-state index in [-0.39, 0.29) is 5.75 Å². The molecule has 0 spiro atoms. The Bertz CT molecular complexity index is 357. The lowest BCUT2D eigenvalue weighted by atomic mass is 10.2. The molecule has 0 fully saturated rings. The molecule has 0 aliphatic carbocycles. The molecule has 0 N–H and O–H groups in total. The summed E-state index contributed by atoms with van der Waals surface area (Å²) in [6, 6.07) is 7.28. The highest BCUT2D eigenvalue weighted by atomic mass is 32.2. The first-order valence-corrected chi connectivity index (χ1v) is 6.06. The van der Waals surface area contributed by atoms with Crippen molar-refractivity contribution in [3.8, 4) is 0 Å². The van der Waals surface area contributed by atoms with Gasteiger partial charge in [-0.2, -0.15) is 0 Å². The van der Waals surface area contributed by atoms with Gasteiger partial charge < -0.3 is 4.74 Å². The summed E-state index contributed by atoms with van der Waals surface area (Å²) in [4.78, 5) is 11.7. The summed E-state index contributed by atoms with van der Waals surface area (Å²) in [5.74, 6) is -0.493. The minimum Gasteiger partial charge on any atom is -0.465 e. The number of esters is 1. The van der Waals surface area contributed by atoms with Gasteiger partial charge in [-0.3, -0.25) is 9.00 Å². The molecule has 0 bridgehead atoms. The third kappa shape index (κ3) is 3.83. The zero-order valence-electron chi connectivity index (χ0n) is 8.86. The normalized spacial score (nSPS) is 12.1. The van der Waals surface area contributed by atoms with E-state index in [9.17, 15) is 9.00 Å². The molecule has 0 heterocycles. The van der Waals surface area contributed by atoms with Crippen LogP contribution < -0.4 is 0 Å². The smallest absolute Gasteiger partial charge is 0.318 e. The van der Waals surface area contributed by atoms with E-state index in [1.807, 2.05) is 19.1 Å². The fourth-order valence-corrected chi connectivity index (χ4v) is 1.99. The maximum atomic E-state index is 11.7. The molecule has 0 aromatic heterocycles. The number of ether oxygens (including phenoxy) is 1. The van der Waals surface area contributed by atoms with Gasteiger partial charge in [-0.15, -0.1) is 0 Å². The second-order valence-electron chi connectivity index (χ2n) is 3.11. The molecule has 0 aliphatic heterocycles. The summed E-state index contributed by atoms with van der Waals surface area (Å²) < 4.78 is 16.4. The van der Waals surface area contributed by atoms with Crippen LogP contribution in [0, 0.1) is 6.92 Å². The quantitative estimate of drug-likeness (QED) is 0.733. The largest absolute Gasteiger partial charge is 0.465 e. The van der Waals surface area contributed by atoms with E-state index >= 15 is 0 Å². The SMILES string of the molecule is CCOC(=O)C[S@@](=O)c1ccc(C)cc1. The van der Waals surface area contributed by atoms with Crippen LogP contribution in [0.5, 0.6) is 0 Å². The number of benzene rings is 1. The lowest BCUT2D eigenvalue weighted by molar-refractivity contribution is -0.139. The van der Waals surface area contributed by atoms with Crippen LogP contribution in [-0.2, 0) is 20.3 Å². The van der Waals surface area contributed by atoms with Gasteiger partial charge in [-0.05, 0) is 26.0 Å². The first-order chi connectivity index (χ1) is 7.13. The zero-order chi connectivity index (χ0) is 11.3. The first kappa shape index (κ1) is 11.9. The summed E-state index contributed by atoms with van der Waals surface area (Å²) in [5, 5.41) is 0. The van der Waals surface area contributed by atoms with Gasteiger partial charge in [0.25, 0.3) is 0 Å². The molecule has 3 nitrogen and oxygen atoms in total. The van der Waals surface area contributed by atoms with Gasteiger partial charge in [0.05, 0.1) is 17.4 Å². The summed E-state index contributed by atoms with van der Waals surface area (Å²) in [6.45, 7) is 4.01. The van der Waals surface area contributed by atoms with Crippen molar-refractivity contribution >= 4 is 16.8 Å². The van der Waals surface area contributed by atoms with Crippen molar-refractivity contribution in [2.75, 3.05) is 12.4 Å². The number of hydrogen-bond acceptors (Lipinski definition) is 3. The molecule has 1 aromatic rings. The number of aryl methyl sites for hydroxylation is 1. The molecule has 0 radical (unpaired) electrons. The van der Waals surface area contributed by atoms with E-state index in [0.29, 0.717) is 11.5 Å². The van der Waals surface area contributed by atoms with Crippen LogP contribution in [0.25, 0.3) is 0 Å². The average molecular weight is 226 g/mol. The topological polar surface area (TPSA) is 43.4 Å². The number of carbonyl (C=O) groups is 1. The van der Waals surface area contributed by atoms with Gasteiger partial charge in [0.1, 0.15) is 5.75 Å². The molecular weight excluding hydrogens is 212 g/mol. The minimum atomic E-state index is -1.30. The van der Waals surface area contributed by atoms with Crippen molar-refractivity contribution in [3.63, 3.8) is 0 Å². The van der Waals surface area contributed by atoms with Crippen LogP contribution in [0.1, 0.15) is 12.5 Å². The third-order valence-electron chi connectivity index (χ3n) is 1.84. The van der Waals surface area contributed by atoms with E-state index < -0.39 is 16.8 Å². The Kier molecular flexibility index (Phi) is 4.49. The Balaban J connectivity index is 2.61. The Morgan fingerprint density at radius 2 is 1.93 bits per heavy atom. The zero-order valence-corrected chi connectivity index (χ0v) is 9.67. The van der Waals surface area contributed by atoms with Gasteiger partial charge >= 0.3 is 5.97 Å². The van der Waals surface area contributed by atoms with Crippen LogP contribution in [0.4, 0.5) is 0 Å². The fraction of sp³-hybridized carbons (Fsp3) is 0.364. The van der Waals surface area contributed by atoms with Gasteiger partial charge in [-0.25, -0.2) is 0 Å². The van der Waals surface area contributed by atoms with Crippen molar-refractivity contribution in [2.24, 2.45) is 0 Å². The first-order valence-electron chi connectivity index (χ1n) is 4.74. The summed E-state index contributed by atoms with van der Waals surface area (Å²) in [5.41, 5.74) is 1.10. The van der Waals surface area contributed by atoms with Crippen molar-refractivity contribution in [2.45, 2.75) is 18.7 Å². The van der Waals surface area contributed by atoms with Crippen molar-refractivity contribution in [1.29, 1.82) is 0 Å². The standard InChI is InChI=1S/C11H14O3S/c1-3-14-11(12)8-15(13)10-6-4-9(2)5-7-10/h4-7H,3,8H2,1-2H3/t15-/m1/s1. The predicted molar refractivity (Wildman–Crippen MR) is 59.1 cm³/mol. The van der Waals surface area contributed by atoms with E-state index in [0.717, 1.165) is 5.56 Å². The number of rotatable bonds is 4. The highest BCUT2D eigenvalue weighted by Crippen LogP contribution is 2.08.